The average molecular weight is 306 g/mol. The Bertz CT molecular complexity index is 657. The first-order valence-corrected chi connectivity index (χ1v) is 7.58. The first kappa shape index (κ1) is 13.7. The van der Waals surface area contributed by atoms with Crippen LogP contribution in [0, 0.1) is 5.92 Å². The van der Waals surface area contributed by atoms with E-state index in [4.69, 9.17) is 19.4 Å². The van der Waals surface area contributed by atoms with Crippen molar-refractivity contribution in [3.05, 3.63) is 12.7 Å². The van der Waals surface area contributed by atoms with E-state index >= 15 is 0 Å². The molecule has 2 aliphatic rings. The third kappa shape index (κ3) is 2.71. The maximum absolute atomic E-state index is 9.09. The number of fused-ring (bicyclic) bond motifs is 1. The Balaban J connectivity index is 1.50. The van der Waals surface area contributed by atoms with E-state index in [1.54, 1.807) is 6.33 Å². The summed E-state index contributed by atoms with van der Waals surface area (Å²) in [7, 11) is 0. The maximum Gasteiger partial charge on any atom is 0.245 e. The third-order valence-corrected chi connectivity index (χ3v) is 3.93. The van der Waals surface area contributed by atoms with E-state index < -0.39 is 6.29 Å². The zero-order valence-corrected chi connectivity index (χ0v) is 12.1. The van der Waals surface area contributed by atoms with Gasteiger partial charge in [0.2, 0.25) is 17.8 Å². The molecule has 22 heavy (non-hydrogen) atoms. The lowest BCUT2D eigenvalue weighted by Gasteiger charge is -2.14. The van der Waals surface area contributed by atoms with Crippen LogP contribution in [0.4, 0.5) is 0 Å². The summed E-state index contributed by atoms with van der Waals surface area (Å²) in [6.07, 6.45) is 6.36. The predicted octanol–water partition coefficient (Wildman–Crippen LogP) is 0.541. The van der Waals surface area contributed by atoms with E-state index in [-0.39, 0.29) is 12.7 Å². The summed E-state index contributed by atoms with van der Waals surface area (Å²) in [5.41, 5.74) is 1.14. The van der Waals surface area contributed by atoms with Crippen LogP contribution in [0.5, 0.6) is 5.88 Å². The van der Waals surface area contributed by atoms with Gasteiger partial charge in [0.25, 0.3) is 0 Å². The standard InChI is InChI=1S/C14H18N4O4/c19-5-10-3-4-11(21-10)22-18-8-17-12-13(18)15-7-16-14(12)20-6-9-1-2-9/h7-11,19H,1-6H2/t10-,11+/m0/s1. The second-order valence-corrected chi connectivity index (χ2v) is 5.73. The Morgan fingerprint density at radius 1 is 1.23 bits per heavy atom. The number of hydrogen-bond acceptors (Lipinski definition) is 7. The molecule has 0 spiro atoms. The molecule has 8 heteroatoms. The molecular weight excluding hydrogens is 288 g/mol. The van der Waals surface area contributed by atoms with Gasteiger partial charge in [0.1, 0.15) is 12.7 Å². The molecule has 0 amide bonds. The van der Waals surface area contributed by atoms with Gasteiger partial charge in [-0.05, 0) is 25.2 Å². The highest BCUT2D eigenvalue weighted by Crippen LogP contribution is 2.30. The molecule has 118 valence electrons. The van der Waals surface area contributed by atoms with Crippen LogP contribution in [0.3, 0.4) is 0 Å². The Morgan fingerprint density at radius 3 is 2.91 bits per heavy atom. The highest BCUT2D eigenvalue weighted by Gasteiger charge is 2.27. The quantitative estimate of drug-likeness (QED) is 0.832. The van der Waals surface area contributed by atoms with Crippen molar-refractivity contribution in [3.8, 4) is 5.88 Å². The van der Waals surface area contributed by atoms with Gasteiger partial charge in [-0.15, -0.1) is 4.73 Å². The topological polar surface area (TPSA) is 91.5 Å². The van der Waals surface area contributed by atoms with Gasteiger partial charge < -0.3 is 19.4 Å². The summed E-state index contributed by atoms with van der Waals surface area (Å²) >= 11 is 0. The summed E-state index contributed by atoms with van der Waals surface area (Å²) in [5, 5.41) is 9.09. The minimum absolute atomic E-state index is 0.00581. The summed E-state index contributed by atoms with van der Waals surface area (Å²) in [4.78, 5) is 18.4. The second-order valence-electron chi connectivity index (χ2n) is 5.73. The van der Waals surface area contributed by atoms with Gasteiger partial charge >= 0.3 is 0 Å². The van der Waals surface area contributed by atoms with E-state index in [1.165, 1.54) is 23.9 Å². The number of imidazole rings is 1. The van der Waals surface area contributed by atoms with Gasteiger partial charge in [-0.1, -0.05) is 0 Å². The number of aliphatic hydroxyl groups excluding tert-OH is 1. The van der Waals surface area contributed by atoms with Crippen LogP contribution in [-0.2, 0) is 4.74 Å². The number of aliphatic hydroxyl groups is 1. The van der Waals surface area contributed by atoms with E-state index in [9.17, 15) is 0 Å². The monoisotopic (exact) mass is 306 g/mol. The number of aromatic nitrogens is 4. The largest absolute Gasteiger partial charge is 0.476 e. The Labute approximate surface area is 127 Å². The first-order chi connectivity index (χ1) is 10.8. The van der Waals surface area contributed by atoms with Crippen molar-refractivity contribution >= 4 is 11.2 Å². The first-order valence-electron chi connectivity index (χ1n) is 7.58. The lowest BCUT2D eigenvalue weighted by Crippen LogP contribution is -2.26. The van der Waals surface area contributed by atoms with Crippen molar-refractivity contribution in [2.45, 2.75) is 38.1 Å². The summed E-state index contributed by atoms with van der Waals surface area (Å²) in [6, 6.07) is 0. The molecule has 2 atom stereocenters. The average Bonchev–Trinajstić information content (AvgIpc) is 3.11. The zero-order valence-electron chi connectivity index (χ0n) is 12.1. The Morgan fingerprint density at radius 2 is 2.14 bits per heavy atom. The molecule has 1 aliphatic heterocycles. The van der Waals surface area contributed by atoms with Crippen LogP contribution in [0.2, 0.25) is 0 Å². The molecule has 0 unspecified atom stereocenters. The predicted molar refractivity (Wildman–Crippen MR) is 75.1 cm³/mol. The number of nitrogens with zero attached hydrogens (tertiary/aromatic N) is 4. The van der Waals surface area contributed by atoms with Crippen LogP contribution in [0.25, 0.3) is 11.2 Å². The number of rotatable bonds is 6. The lowest BCUT2D eigenvalue weighted by molar-refractivity contribution is -0.140. The fourth-order valence-corrected chi connectivity index (χ4v) is 2.47. The molecule has 0 bridgehead atoms. The van der Waals surface area contributed by atoms with Crippen LogP contribution < -0.4 is 9.57 Å². The van der Waals surface area contributed by atoms with Crippen LogP contribution in [-0.4, -0.2) is 50.4 Å². The van der Waals surface area contributed by atoms with Crippen molar-refractivity contribution in [1.82, 2.24) is 19.7 Å². The van der Waals surface area contributed by atoms with E-state index in [2.05, 4.69) is 15.0 Å². The fourth-order valence-electron chi connectivity index (χ4n) is 2.47. The molecule has 3 heterocycles. The van der Waals surface area contributed by atoms with E-state index in [1.807, 2.05) is 0 Å². The van der Waals surface area contributed by atoms with Crippen molar-refractivity contribution in [2.75, 3.05) is 13.2 Å². The molecule has 0 aromatic carbocycles. The summed E-state index contributed by atoms with van der Waals surface area (Å²) in [6.45, 7) is 0.676. The van der Waals surface area contributed by atoms with Crippen molar-refractivity contribution < 1.29 is 19.4 Å². The van der Waals surface area contributed by atoms with E-state index in [0.29, 0.717) is 29.6 Å². The Kier molecular flexibility index (Phi) is 3.55. The van der Waals surface area contributed by atoms with Crippen LogP contribution in [0.15, 0.2) is 12.7 Å². The fraction of sp³-hybridized carbons (Fsp3) is 0.643. The van der Waals surface area contributed by atoms with Gasteiger partial charge in [-0.3, -0.25) is 0 Å². The maximum atomic E-state index is 9.09. The van der Waals surface area contributed by atoms with Crippen LogP contribution in [0.1, 0.15) is 25.7 Å². The zero-order chi connectivity index (χ0) is 14.9. The van der Waals surface area contributed by atoms with Gasteiger partial charge in [0.15, 0.2) is 5.52 Å². The van der Waals surface area contributed by atoms with Crippen molar-refractivity contribution in [1.29, 1.82) is 0 Å². The molecule has 2 fully saturated rings. The van der Waals surface area contributed by atoms with Crippen LogP contribution >= 0.6 is 0 Å². The normalized spacial score (nSPS) is 24.8. The van der Waals surface area contributed by atoms with Gasteiger partial charge in [0, 0.05) is 6.42 Å². The number of ether oxygens (including phenoxy) is 2. The second kappa shape index (κ2) is 5.69. The highest BCUT2D eigenvalue weighted by atomic mass is 16.8. The summed E-state index contributed by atoms with van der Waals surface area (Å²) in [5.74, 6) is 1.13. The molecule has 1 saturated carbocycles. The molecular formula is C14H18N4O4. The SMILES string of the molecule is OC[C@@H]1CC[C@@H](On2cnc3c(OCC4CC4)ncnc32)O1. The smallest absolute Gasteiger partial charge is 0.245 e. The molecule has 0 radical (unpaired) electrons. The summed E-state index contributed by atoms with van der Waals surface area (Å²) < 4.78 is 12.7. The lowest BCUT2D eigenvalue weighted by atomic mass is 10.2. The number of hydrogen-bond donors (Lipinski definition) is 1. The minimum atomic E-state index is -0.402. The molecule has 2 aromatic rings. The molecule has 1 aliphatic carbocycles. The molecule has 2 aromatic heterocycles. The van der Waals surface area contributed by atoms with Crippen molar-refractivity contribution in [3.63, 3.8) is 0 Å². The van der Waals surface area contributed by atoms with Gasteiger partial charge in [0.05, 0.1) is 19.3 Å². The molecule has 1 N–H and O–H groups in total. The molecule has 1 saturated heterocycles. The van der Waals surface area contributed by atoms with Gasteiger partial charge in [-0.2, -0.15) is 4.98 Å². The molecule has 4 rings (SSSR count). The third-order valence-electron chi connectivity index (χ3n) is 3.93. The Hall–Kier alpha value is -1.93. The van der Waals surface area contributed by atoms with Gasteiger partial charge in [-0.25, -0.2) is 9.97 Å². The highest BCUT2D eigenvalue weighted by molar-refractivity contribution is 5.75. The van der Waals surface area contributed by atoms with Crippen molar-refractivity contribution in [2.24, 2.45) is 5.92 Å². The minimum Gasteiger partial charge on any atom is -0.476 e. The van der Waals surface area contributed by atoms with E-state index in [0.717, 1.165) is 12.8 Å². The molecule has 8 nitrogen and oxygen atoms in total.